The number of H-pyrrole nitrogens is 1. The number of hydrogen-bond donors (Lipinski definition) is 2. The van der Waals surface area contributed by atoms with Gasteiger partial charge in [0, 0.05) is 5.56 Å². The maximum absolute atomic E-state index is 12.6. The van der Waals surface area contributed by atoms with Gasteiger partial charge in [0.05, 0.1) is 19.6 Å². The van der Waals surface area contributed by atoms with E-state index in [0.29, 0.717) is 16.6 Å². The van der Waals surface area contributed by atoms with Gasteiger partial charge >= 0.3 is 5.97 Å². The second kappa shape index (κ2) is 7.12. The molecule has 0 aliphatic carbocycles. The number of aryl methyl sites for hydroxylation is 1. The number of methoxy groups -OCH3 is 1. The van der Waals surface area contributed by atoms with Gasteiger partial charge in [0.25, 0.3) is 5.91 Å². The first kappa shape index (κ1) is 16.6. The molecule has 2 aromatic carbocycles. The molecule has 0 radical (unpaired) electrons. The van der Waals surface area contributed by atoms with Crippen molar-refractivity contribution in [3.63, 3.8) is 0 Å². The highest BCUT2D eigenvalue weighted by molar-refractivity contribution is 5.97. The summed E-state index contributed by atoms with van der Waals surface area (Å²) in [6.45, 7) is 1.98. The van der Waals surface area contributed by atoms with Crippen LogP contribution in [0.4, 0.5) is 0 Å². The molecule has 25 heavy (non-hydrogen) atoms. The maximum Gasteiger partial charge on any atom is 0.307 e. The van der Waals surface area contributed by atoms with Gasteiger partial charge in [0.15, 0.2) is 0 Å². The number of rotatable bonds is 5. The first-order chi connectivity index (χ1) is 12.1. The van der Waals surface area contributed by atoms with Crippen molar-refractivity contribution in [2.45, 2.75) is 19.4 Å². The molecule has 7 heteroatoms. The zero-order valence-corrected chi connectivity index (χ0v) is 13.9. The van der Waals surface area contributed by atoms with Gasteiger partial charge in [0.1, 0.15) is 11.0 Å². The van der Waals surface area contributed by atoms with E-state index in [-0.39, 0.29) is 12.3 Å². The van der Waals surface area contributed by atoms with Crippen LogP contribution in [0.25, 0.3) is 11.0 Å². The van der Waals surface area contributed by atoms with E-state index in [1.165, 1.54) is 7.11 Å². The Labute approximate surface area is 144 Å². The summed E-state index contributed by atoms with van der Waals surface area (Å²) in [6, 6.07) is 12.2. The summed E-state index contributed by atoms with van der Waals surface area (Å²) in [5, 5.41) is 13.3. The predicted molar refractivity (Wildman–Crippen MR) is 91.9 cm³/mol. The van der Waals surface area contributed by atoms with Gasteiger partial charge in [-0.1, -0.05) is 29.8 Å². The van der Waals surface area contributed by atoms with Gasteiger partial charge < -0.3 is 10.1 Å². The van der Waals surface area contributed by atoms with Crippen LogP contribution in [-0.4, -0.2) is 34.4 Å². The minimum Gasteiger partial charge on any atom is -0.469 e. The van der Waals surface area contributed by atoms with Crippen molar-refractivity contribution < 1.29 is 14.3 Å². The molecule has 0 bridgehead atoms. The quantitative estimate of drug-likeness (QED) is 0.696. The van der Waals surface area contributed by atoms with Gasteiger partial charge in [-0.15, -0.1) is 0 Å². The van der Waals surface area contributed by atoms with Crippen LogP contribution in [0, 0.1) is 6.92 Å². The fourth-order valence-corrected chi connectivity index (χ4v) is 2.52. The molecule has 1 heterocycles. The number of fused-ring (bicyclic) bond motifs is 1. The van der Waals surface area contributed by atoms with Crippen LogP contribution in [0.5, 0.6) is 0 Å². The summed E-state index contributed by atoms with van der Waals surface area (Å²) in [5.41, 5.74) is 3.67. The second-order valence-corrected chi connectivity index (χ2v) is 5.74. The van der Waals surface area contributed by atoms with Gasteiger partial charge in [0.2, 0.25) is 0 Å². The molecule has 1 aromatic heterocycles. The highest BCUT2D eigenvalue weighted by atomic mass is 16.5. The van der Waals surface area contributed by atoms with Crippen LogP contribution >= 0.6 is 0 Å². The smallest absolute Gasteiger partial charge is 0.307 e. The van der Waals surface area contributed by atoms with E-state index in [0.717, 1.165) is 11.1 Å². The van der Waals surface area contributed by atoms with Crippen molar-refractivity contribution in [3.05, 3.63) is 59.2 Å². The molecule has 0 fully saturated rings. The lowest BCUT2D eigenvalue weighted by atomic mass is 10.0. The van der Waals surface area contributed by atoms with Crippen molar-refractivity contribution in [2.75, 3.05) is 7.11 Å². The maximum atomic E-state index is 12.6. The molecular formula is C18H18N4O3. The number of nitrogens with one attached hydrogen (secondary N) is 2. The second-order valence-electron chi connectivity index (χ2n) is 5.74. The van der Waals surface area contributed by atoms with Gasteiger partial charge in [-0.25, -0.2) is 0 Å². The molecule has 1 atom stereocenters. The molecule has 3 aromatic rings. The Morgan fingerprint density at radius 2 is 1.84 bits per heavy atom. The van der Waals surface area contributed by atoms with E-state index in [9.17, 15) is 9.59 Å². The van der Waals surface area contributed by atoms with Crippen molar-refractivity contribution in [2.24, 2.45) is 0 Å². The Bertz CT molecular complexity index is 902. The molecule has 1 amide bonds. The van der Waals surface area contributed by atoms with Crippen molar-refractivity contribution in [3.8, 4) is 0 Å². The Balaban J connectivity index is 1.83. The Hall–Kier alpha value is -3.22. The number of hydrogen-bond acceptors (Lipinski definition) is 5. The number of benzene rings is 2. The molecule has 0 spiro atoms. The molecule has 0 saturated heterocycles. The molecule has 0 aliphatic rings. The minimum absolute atomic E-state index is 0.0531. The Morgan fingerprint density at radius 1 is 1.12 bits per heavy atom. The van der Waals surface area contributed by atoms with E-state index >= 15 is 0 Å². The zero-order chi connectivity index (χ0) is 17.8. The lowest BCUT2D eigenvalue weighted by molar-refractivity contribution is -0.141. The molecule has 0 saturated carbocycles. The summed E-state index contributed by atoms with van der Waals surface area (Å²) >= 11 is 0. The zero-order valence-electron chi connectivity index (χ0n) is 13.9. The SMILES string of the molecule is COC(=O)C[C@@H](NC(=O)c1ccc2n[nH]nc2c1)c1ccc(C)cc1. The third-order valence-electron chi connectivity index (χ3n) is 3.96. The number of aromatic amines is 1. The Morgan fingerprint density at radius 3 is 2.56 bits per heavy atom. The molecule has 0 aliphatic heterocycles. The first-order valence-corrected chi connectivity index (χ1v) is 7.81. The predicted octanol–water partition coefficient (Wildman–Crippen LogP) is 2.30. The van der Waals surface area contributed by atoms with Gasteiger partial charge in [-0.2, -0.15) is 15.4 Å². The first-order valence-electron chi connectivity index (χ1n) is 7.81. The number of carbonyl (C=O) groups is 2. The van der Waals surface area contributed by atoms with Crippen molar-refractivity contribution >= 4 is 22.9 Å². The normalized spacial score (nSPS) is 11.9. The number of carbonyl (C=O) groups excluding carboxylic acids is 2. The summed E-state index contributed by atoms with van der Waals surface area (Å²) in [5.74, 6) is -0.683. The van der Waals surface area contributed by atoms with E-state index in [2.05, 4.69) is 20.7 Å². The summed E-state index contributed by atoms with van der Waals surface area (Å²) in [7, 11) is 1.33. The third-order valence-corrected chi connectivity index (χ3v) is 3.96. The van der Waals surface area contributed by atoms with Crippen LogP contribution in [0.1, 0.15) is 33.9 Å². The number of esters is 1. The summed E-state index contributed by atoms with van der Waals surface area (Å²) < 4.78 is 4.75. The van der Waals surface area contributed by atoms with E-state index in [1.807, 2.05) is 31.2 Å². The standard InChI is InChI=1S/C18H18N4O3/c1-11-3-5-12(6-4-11)15(10-17(23)25-2)19-18(24)13-7-8-14-16(9-13)21-22-20-14/h3-9,15H,10H2,1-2H3,(H,19,24)(H,20,21,22)/t15-/m1/s1. The molecular weight excluding hydrogens is 320 g/mol. The average Bonchev–Trinajstić information content (AvgIpc) is 3.09. The largest absolute Gasteiger partial charge is 0.469 e. The van der Waals surface area contributed by atoms with Gasteiger partial charge in [-0.05, 0) is 30.7 Å². The monoisotopic (exact) mass is 338 g/mol. The minimum atomic E-state index is -0.478. The summed E-state index contributed by atoms with van der Waals surface area (Å²) in [4.78, 5) is 24.3. The van der Waals surface area contributed by atoms with Crippen molar-refractivity contribution in [1.29, 1.82) is 0 Å². The fourth-order valence-electron chi connectivity index (χ4n) is 2.52. The van der Waals surface area contributed by atoms with E-state index < -0.39 is 12.0 Å². The topological polar surface area (TPSA) is 97.0 Å². The van der Waals surface area contributed by atoms with Gasteiger partial charge in [-0.3, -0.25) is 9.59 Å². The molecule has 128 valence electrons. The number of nitrogens with zero attached hydrogens (tertiary/aromatic N) is 2. The lowest BCUT2D eigenvalue weighted by Crippen LogP contribution is -2.30. The van der Waals surface area contributed by atoms with Crippen LogP contribution in [0.3, 0.4) is 0 Å². The van der Waals surface area contributed by atoms with Crippen molar-refractivity contribution in [1.82, 2.24) is 20.7 Å². The molecule has 2 N–H and O–H groups in total. The molecule has 7 nitrogen and oxygen atoms in total. The number of aromatic nitrogens is 3. The highest BCUT2D eigenvalue weighted by Gasteiger charge is 2.20. The van der Waals surface area contributed by atoms with Crippen LogP contribution in [0.2, 0.25) is 0 Å². The molecule has 3 rings (SSSR count). The lowest BCUT2D eigenvalue weighted by Gasteiger charge is -2.18. The third kappa shape index (κ3) is 3.82. The van der Waals surface area contributed by atoms with Crippen LogP contribution in [-0.2, 0) is 9.53 Å². The fraction of sp³-hybridized carbons (Fsp3) is 0.222. The Kier molecular flexibility index (Phi) is 4.74. The van der Waals surface area contributed by atoms with E-state index in [1.54, 1.807) is 18.2 Å². The van der Waals surface area contributed by atoms with E-state index in [4.69, 9.17) is 4.74 Å². The average molecular weight is 338 g/mol. The summed E-state index contributed by atoms with van der Waals surface area (Å²) in [6.07, 6.45) is 0.0531. The van der Waals surface area contributed by atoms with Crippen LogP contribution < -0.4 is 5.32 Å². The van der Waals surface area contributed by atoms with Crippen LogP contribution in [0.15, 0.2) is 42.5 Å². The molecule has 0 unspecified atom stereocenters. The highest BCUT2D eigenvalue weighted by Crippen LogP contribution is 2.20. The number of amides is 1. The number of ether oxygens (including phenoxy) is 1.